The number of aromatic nitrogens is 1. The normalized spacial score (nSPS) is 10.2. The molecular formula is C13H14N2O3S. The van der Waals surface area contributed by atoms with E-state index in [-0.39, 0.29) is 5.75 Å². The van der Waals surface area contributed by atoms with E-state index in [0.717, 1.165) is 16.3 Å². The summed E-state index contributed by atoms with van der Waals surface area (Å²) in [5.41, 5.74) is 1.83. The van der Waals surface area contributed by atoms with Crippen molar-refractivity contribution in [3.63, 3.8) is 0 Å². The van der Waals surface area contributed by atoms with Gasteiger partial charge in [0.05, 0.1) is 17.8 Å². The first-order valence-electron chi connectivity index (χ1n) is 5.74. The molecule has 0 unspecified atom stereocenters. The summed E-state index contributed by atoms with van der Waals surface area (Å²) in [7, 11) is 1.33. The average molecular weight is 278 g/mol. The number of phenols is 1. The van der Waals surface area contributed by atoms with Crippen LogP contribution in [0.2, 0.25) is 0 Å². The highest BCUT2D eigenvalue weighted by Crippen LogP contribution is 2.23. The van der Waals surface area contributed by atoms with Crippen LogP contribution in [0.25, 0.3) is 11.3 Å². The number of nitrogens with zero attached hydrogens (tertiary/aromatic N) is 1. The number of phenolic OH excluding ortho intramolecular Hbond substituents is 1. The van der Waals surface area contributed by atoms with Crippen LogP contribution in [-0.2, 0) is 11.2 Å². The smallest absolute Gasteiger partial charge is 0.406 e. The fourth-order valence-electron chi connectivity index (χ4n) is 1.53. The van der Waals surface area contributed by atoms with E-state index in [0.29, 0.717) is 13.0 Å². The molecule has 0 saturated carbocycles. The molecule has 1 aromatic carbocycles. The van der Waals surface area contributed by atoms with Gasteiger partial charge in [-0.15, -0.1) is 11.3 Å². The molecule has 6 heteroatoms. The summed E-state index contributed by atoms with van der Waals surface area (Å²) in [6, 6.07) is 6.90. The molecule has 0 spiro atoms. The van der Waals surface area contributed by atoms with E-state index in [1.807, 2.05) is 17.5 Å². The third-order valence-corrected chi connectivity index (χ3v) is 3.42. The molecule has 0 fully saturated rings. The third kappa shape index (κ3) is 3.69. The lowest BCUT2D eigenvalue weighted by Crippen LogP contribution is -2.25. The van der Waals surface area contributed by atoms with Crippen molar-refractivity contribution in [3.05, 3.63) is 34.7 Å². The molecular weight excluding hydrogens is 264 g/mol. The molecule has 0 aliphatic carbocycles. The van der Waals surface area contributed by atoms with Crippen LogP contribution in [0, 0.1) is 0 Å². The Balaban J connectivity index is 1.95. The molecule has 0 atom stereocenters. The van der Waals surface area contributed by atoms with Gasteiger partial charge < -0.3 is 15.2 Å². The first kappa shape index (κ1) is 13.4. The lowest BCUT2D eigenvalue weighted by atomic mass is 10.2. The minimum Gasteiger partial charge on any atom is -0.508 e. The van der Waals surface area contributed by atoms with Crippen LogP contribution in [0.4, 0.5) is 4.79 Å². The van der Waals surface area contributed by atoms with E-state index < -0.39 is 6.09 Å². The number of nitrogens with one attached hydrogen (secondary N) is 1. The number of alkyl carbamates (subject to hydrolysis) is 1. The number of hydrogen-bond acceptors (Lipinski definition) is 5. The molecule has 0 radical (unpaired) electrons. The number of hydrogen-bond donors (Lipinski definition) is 2. The fourth-order valence-corrected chi connectivity index (χ4v) is 2.34. The van der Waals surface area contributed by atoms with Gasteiger partial charge in [0.1, 0.15) is 5.75 Å². The van der Waals surface area contributed by atoms with Crippen LogP contribution < -0.4 is 5.32 Å². The molecule has 5 nitrogen and oxygen atoms in total. The van der Waals surface area contributed by atoms with Crippen molar-refractivity contribution in [2.24, 2.45) is 0 Å². The summed E-state index contributed by atoms with van der Waals surface area (Å²) < 4.78 is 4.48. The molecule has 0 aliphatic rings. The zero-order valence-electron chi connectivity index (χ0n) is 10.4. The minimum atomic E-state index is -0.435. The van der Waals surface area contributed by atoms with Gasteiger partial charge >= 0.3 is 6.09 Å². The Labute approximate surface area is 114 Å². The van der Waals surface area contributed by atoms with Crippen molar-refractivity contribution in [1.29, 1.82) is 0 Å². The van der Waals surface area contributed by atoms with E-state index in [4.69, 9.17) is 0 Å². The van der Waals surface area contributed by atoms with E-state index in [1.165, 1.54) is 7.11 Å². The van der Waals surface area contributed by atoms with Crippen molar-refractivity contribution in [2.75, 3.05) is 13.7 Å². The molecule has 19 heavy (non-hydrogen) atoms. The van der Waals surface area contributed by atoms with Gasteiger partial charge in [-0.1, -0.05) is 0 Å². The monoisotopic (exact) mass is 278 g/mol. The summed E-state index contributed by atoms with van der Waals surface area (Å²) in [6.07, 6.45) is 0.230. The summed E-state index contributed by atoms with van der Waals surface area (Å²) in [5.74, 6) is 0.237. The zero-order chi connectivity index (χ0) is 13.7. The Morgan fingerprint density at radius 2 is 2.16 bits per heavy atom. The van der Waals surface area contributed by atoms with E-state index >= 15 is 0 Å². The zero-order valence-corrected chi connectivity index (χ0v) is 11.2. The van der Waals surface area contributed by atoms with E-state index in [1.54, 1.807) is 23.5 Å². The van der Waals surface area contributed by atoms with Gasteiger partial charge in [0.2, 0.25) is 0 Å². The van der Waals surface area contributed by atoms with Gasteiger partial charge in [-0.05, 0) is 24.3 Å². The van der Waals surface area contributed by atoms with Crippen LogP contribution in [-0.4, -0.2) is 29.8 Å². The quantitative estimate of drug-likeness (QED) is 0.901. The Bertz CT molecular complexity index is 551. The van der Waals surface area contributed by atoms with Crippen molar-refractivity contribution >= 4 is 17.4 Å². The predicted molar refractivity (Wildman–Crippen MR) is 73.3 cm³/mol. The Hall–Kier alpha value is -2.08. The van der Waals surface area contributed by atoms with Gasteiger partial charge in [-0.2, -0.15) is 0 Å². The number of methoxy groups -OCH3 is 1. The van der Waals surface area contributed by atoms with Crippen LogP contribution in [0.15, 0.2) is 29.6 Å². The molecule has 1 amide bonds. The number of benzene rings is 1. The van der Waals surface area contributed by atoms with Crippen molar-refractivity contribution in [2.45, 2.75) is 6.42 Å². The number of amides is 1. The SMILES string of the molecule is COC(=O)NCCc1nc(-c2ccc(O)cc2)cs1. The first-order valence-corrected chi connectivity index (χ1v) is 6.62. The predicted octanol–water partition coefficient (Wildman–Crippen LogP) is 2.41. The van der Waals surface area contributed by atoms with Gasteiger partial charge in [0.25, 0.3) is 0 Å². The summed E-state index contributed by atoms with van der Waals surface area (Å²) >= 11 is 1.54. The number of thiazole rings is 1. The summed E-state index contributed by atoms with van der Waals surface area (Å²) in [5, 5.41) is 14.7. The maximum absolute atomic E-state index is 10.9. The molecule has 1 aromatic heterocycles. The standard InChI is InChI=1S/C13H14N2O3S/c1-18-13(17)14-7-6-12-15-11(8-19-12)9-2-4-10(16)5-3-9/h2-5,8,16H,6-7H2,1H3,(H,14,17). The summed E-state index contributed by atoms with van der Waals surface area (Å²) in [6.45, 7) is 0.495. The van der Waals surface area contributed by atoms with E-state index in [2.05, 4.69) is 15.0 Å². The number of carbonyl (C=O) groups is 1. The molecule has 0 bridgehead atoms. The van der Waals surface area contributed by atoms with E-state index in [9.17, 15) is 9.90 Å². The van der Waals surface area contributed by atoms with Crippen LogP contribution in [0.3, 0.4) is 0 Å². The molecule has 1 heterocycles. The molecule has 0 saturated heterocycles. The van der Waals surface area contributed by atoms with Crippen molar-refractivity contribution < 1.29 is 14.6 Å². The topological polar surface area (TPSA) is 71.5 Å². The van der Waals surface area contributed by atoms with Crippen molar-refractivity contribution in [3.8, 4) is 17.0 Å². The highest BCUT2D eigenvalue weighted by molar-refractivity contribution is 7.09. The lowest BCUT2D eigenvalue weighted by molar-refractivity contribution is 0.171. The Morgan fingerprint density at radius 1 is 1.42 bits per heavy atom. The molecule has 2 rings (SSSR count). The van der Waals surface area contributed by atoms with Gasteiger partial charge in [0, 0.05) is 23.9 Å². The number of carbonyl (C=O) groups excluding carboxylic acids is 1. The minimum absolute atomic E-state index is 0.237. The molecule has 2 N–H and O–H groups in total. The second kappa shape index (κ2) is 6.19. The largest absolute Gasteiger partial charge is 0.508 e. The van der Waals surface area contributed by atoms with Gasteiger partial charge in [-0.25, -0.2) is 9.78 Å². The molecule has 0 aliphatic heterocycles. The fraction of sp³-hybridized carbons (Fsp3) is 0.231. The highest BCUT2D eigenvalue weighted by Gasteiger charge is 2.05. The average Bonchev–Trinajstić information content (AvgIpc) is 2.88. The van der Waals surface area contributed by atoms with Gasteiger partial charge in [-0.3, -0.25) is 0 Å². The van der Waals surface area contributed by atoms with Crippen LogP contribution in [0.1, 0.15) is 5.01 Å². The molecule has 2 aromatic rings. The second-order valence-electron chi connectivity index (χ2n) is 3.84. The molecule has 100 valence electrons. The van der Waals surface area contributed by atoms with Crippen LogP contribution in [0.5, 0.6) is 5.75 Å². The third-order valence-electron chi connectivity index (χ3n) is 2.51. The number of aromatic hydroxyl groups is 1. The maximum Gasteiger partial charge on any atom is 0.406 e. The number of ether oxygens (including phenoxy) is 1. The first-order chi connectivity index (χ1) is 9.19. The maximum atomic E-state index is 10.9. The second-order valence-corrected chi connectivity index (χ2v) is 4.78. The highest BCUT2D eigenvalue weighted by atomic mass is 32.1. The number of rotatable bonds is 4. The Morgan fingerprint density at radius 3 is 2.84 bits per heavy atom. The van der Waals surface area contributed by atoms with Crippen LogP contribution >= 0.6 is 11.3 Å². The van der Waals surface area contributed by atoms with Crippen molar-refractivity contribution in [1.82, 2.24) is 10.3 Å². The van der Waals surface area contributed by atoms with Gasteiger partial charge in [0.15, 0.2) is 0 Å². The Kier molecular flexibility index (Phi) is 4.35. The lowest BCUT2D eigenvalue weighted by Gasteiger charge is -2.00. The summed E-state index contributed by atoms with van der Waals surface area (Å²) in [4.78, 5) is 15.4.